The Bertz CT molecular complexity index is 901. The average molecular weight is 510 g/mol. The van der Waals surface area contributed by atoms with Gasteiger partial charge in [0.1, 0.15) is 24.4 Å². The highest BCUT2D eigenvalue weighted by Crippen LogP contribution is 2.34. The molecule has 36 heavy (non-hydrogen) atoms. The number of ether oxygens (including phenoxy) is 4. The summed E-state index contributed by atoms with van der Waals surface area (Å²) in [6.07, 6.45) is -2.67. The molecule has 1 aliphatic rings. The molecule has 1 unspecified atom stereocenters. The molecular formula is C23H39BN4O8. The highest BCUT2D eigenvalue weighted by molar-refractivity contribution is 6.15. The Hall–Kier alpha value is -2.06. The van der Waals surface area contributed by atoms with Crippen LogP contribution in [0, 0.1) is 5.41 Å². The van der Waals surface area contributed by atoms with Gasteiger partial charge in [0, 0.05) is 20.2 Å². The molecule has 1 aromatic rings. The van der Waals surface area contributed by atoms with Crippen molar-refractivity contribution in [1.29, 1.82) is 0 Å². The van der Waals surface area contributed by atoms with Gasteiger partial charge in [-0.2, -0.15) is 0 Å². The van der Waals surface area contributed by atoms with E-state index in [4.69, 9.17) is 26.8 Å². The molecule has 1 fully saturated rings. The fourth-order valence-electron chi connectivity index (χ4n) is 4.08. The SMILES string of the molecule is [B]C(C)(CC(C)(C)O[C@@H]1O[C@H](CO)[C@H](O)[C@H](OCOC(=O)C(C)(C)C)[C@H]1NC(C)=O)c1cn(C)nn1. The lowest BCUT2D eigenvalue weighted by Crippen LogP contribution is -2.66. The van der Waals surface area contributed by atoms with Crippen LogP contribution < -0.4 is 5.32 Å². The maximum Gasteiger partial charge on any atom is 0.313 e. The molecule has 0 aromatic carbocycles. The Morgan fingerprint density at radius 3 is 2.39 bits per heavy atom. The number of aliphatic hydroxyl groups is 2. The number of amides is 1. The van der Waals surface area contributed by atoms with Gasteiger partial charge in [0.05, 0.1) is 31.2 Å². The van der Waals surface area contributed by atoms with Gasteiger partial charge in [0.15, 0.2) is 13.1 Å². The van der Waals surface area contributed by atoms with Crippen LogP contribution >= 0.6 is 0 Å². The van der Waals surface area contributed by atoms with E-state index in [1.807, 2.05) is 0 Å². The summed E-state index contributed by atoms with van der Waals surface area (Å²) in [6.45, 7) is 10.8. The lowest BCUT2D eigenvalue weighted by atomic mass is 9.63. The van der Waals surface area contributed by atoms with Crippen molar-refractivity contribution >= 4 is 19.7 Å². The van der Waals surface area contributed by atoms with Crippen LogP contribution in [0.5, 0.6) is 0 Å². The van der Waals surface area contributed by atoms with Crippen molar-refractivity contribution in [2.24, 2.45) is 12.5 Å². The van der Waals surface area contributed by atoms with E-state index >= 15 is 0 Å². The Balaban J connectivity index is 2.24. The second-order valence-electron chi connectivity index (χ2n) is 11.1. The van der Waals surface area contributed by atoms with E-state index in [0.717, 1.165) is 0 Å². The van der Waals surface area contributed by atoms with Gasteiger partial charge >= 0.3 is 5.97 Å². The highest BCUT2D eigenvalue weighted by Gasteiger charge is 2.49. The van der Waals surface area contributed by atoms with Crippen LogP contribution in [-0.4, -0.2) is 94.6 Å². The number of carbonyl (C=O) groups is 2. The number of aromatic nitrogens is 3. The summed E-state index contributed by atoms with van der Waals surface area (Å²) in [5, 5.41) is 30.4. The first-order valence-electron chi connectivity index (χ1n) is 11.8. The lowest BCUT2D eigenvalue weighted by molar-refractivity contribution is -0.307. The van der Waals surface area contributed by atoms with E-state index in [1.165, 1.54) is 6.92 Å². The summed E-state index contributed by atoms with van der Waals surface area (Å²) in [5.74, 6) is -0.924. The van der Waals surface area contributed by atoms with E-state index < -0.39 is 72.3 Å². The first kappa shape index (κ1) is 30.2. The van der Waals surface area contributed by atoms with Crippen molar-refractivity contribution in [3.8, 4) is 0 Å². The first-order valence-corrected chi connectivity index (χ1v) is 11.8. The van der Waals surface area contributed by atoms with Gasteiger partial charge in [-0.05, 0) is 46.4 Å². The van der Waals surface area contributed by atoms with Crippen LogP contribution in [0.4, 0.5) is 0 Å². The third-order valence-electron chi connectivity index (χ3n) is 5.70. The topological polar surface area (TPSA) is 154 Å². The van der Waals surface area contributed by atoms with Crippen molar-refractivity contribution in [3.05, 3.63) is 11.9 Å². The van der Waals surface area contributed by atoms with Gasteiger partial charge in [-0.25, -0.2) is 0 Å². The summed E-state index contributed by atoms with van der Waals surface area (Å²) >= 11 is 0. The maximum atomic E-state index is 12.1. The number of hydrogen-bond acceptors (Lipinski definition) is 10. The van der Waals surface area contributed by atoms with Gasteiger partial charge in [0.2, 0.25) is 5.91 Å². The van der Waals surface area contributed by atoms with E-state index in [-0.39, 0.29) is 6.42 Å². The number of nitrogens with one attached hydrogen (secondary N) is 1. The first-order chi connectivity index (χ1) is 16.5. The van der Waals surface area contributed by atoms with Gasteiger partial charge in [-0.1, -0.05) is 12.1 Å². The molecule has 2 radical (unpaired) electrons. The van der Waals surface area contributed by atoms with Crippen LogP contribution in [0.2, 0.25) is 0 Å². The fourth-order valence-corrected chi connectivity index (χ4v) is 4.08. The summed E-state index contributed by atoms with van der Waals surface area (Å²) in [4.78, 5) is 24.1. The number of aliphatic hydroxyl groups excluding tert-OH is 2. The third-order valence-corrected chi connectivity index (χ3v) is 5.70. The number of esters is 1. The van der Waals surface area contributed by atoms with Gasteiger partial charge in [0.25, 0.3) is 0 Å². The van der Waals surface area contributed by atoms with Crippen LogP contribution in [0.3, 0.4) is 0 Å². The molecule has 1 amide bonds. The van der Waals surface area contributed by atoms with Crippen molar-refractivity contribution in [2.45, 2.75) is 96.4 Å². The van der Waals surface area contributed by atoms with Crippen LogP contribution in [0.1, 0.15) is 60.6 Å². The number of carbonyl (C=O) groups excluding carboxylic acids is 2. The minimum Gasteiger partial charge on any atom is -0.438 e. The highest BCUT2D eigenvalue weighted by atomic mass is 16.7. The molecule has 1 saturated heterocycles. The van der Waals surface area contributed by atoms with E-state index in [2.05, 4.69) is 15.6 Å². The molecule has 2 rings (SSSR count). The molecule has 13 heteroatoms. The molecule has 6 atom stereocenters. The minimum atomic E-state index is -1.34. The van der Waals surface area contributed by atoms with Gasteiger partial charge in [-0.3, -0.25) is 14.3 Å². The van der Waals surface area contributed by atoms with E-state index in [9.17, 15) is 19.8 Å². The summed E-state index contributed by atoms with van der Waals surface area (Å²) in [5.41, 5.74) is -1.11. The standard InChI is InChI=1S/C23H39BN4O8/c1-13(30)25-16-18(33-12-34-20(32)21(2,3)4)17(31)14(10-29)35-19(16)36-22(5,6)11-23(7,24)15-9-28(8)27-26-15/h9,14,16-19,29,31H,10-12H2,1-8H3,(H,25,30)/t14-,16-,17+,18-,19+,23?/m1/s1. The van der Waals surface area contributed by atoms with E-state index in [1.54, 1.807) is 59.5 Å². The predicted octanol–water partition coefficient (Wildman–Crippen LogP) is -0.101. The molecule has 3 N–H and O–H groups in total. The van der Waals surface area contributed by atoms with Crippen molar-refractivity contribution in [2.75, 3.05) is 13.4 Å². The Morgan fingerprint density at radius 2 is 1.89 bits per heavy atom. The normalized spacial score (nSPS) is 26.8. The predicted molar refractivity (Wildman–Crippen MR) is 129 cm³/mol. The maximum absolute atomic E-state index is 12.1. The quantitative estimate of drug-likeness (QED) is 0.221. The molecular weight excluding hydrogens is 471 g/mol. The van der Waals surface area contributed by atoms with Crippen molar-refractivity contribution < 1.29 is 38.7 Å². The number of rotatable bonds is 10. The molecule has 0 saturated carbocycles. The molecule has 12 nitrogen and oxygen atoms in total. The summed E-state index contributed by atoms with van der Waals surface area (Å²) < 4.78 is 24.5. The van der Waals surface area contributed by atoms with Gasteiger partial charge in [-0.15, -0.1) is 5.10 Å². The van der Waals surface area contributed by atoms with Crippen LogP contribution in [-0.2, 0) is 40.9 Å². The van der Waals surface area contributed by atoms with Crippen molar-refractivity contribution in [1.82, 2.24) is 20.3 Å². The second kappa shape index (κ2) is 11.6. The summed E-state index contributed by atoms with van der Waals surface area (Å²) in [7, 11) is 8.27. The molecule has 202 valence electrons. The monoisotopic (exact) mass is 510 g/mol. The molecule has 0 aliphatic carbocycles. The van der Waals surface area contributed by atoms with E-state index in [0.29, 0.717) is 5.69 Å². The van der Waals surface area contributed by atoms with Crippen LogP contribution in [0.25, 0.3) is 0 Å². The zero-order valence-electron chi connectivity index (χ0n) is 22.3. The number of nitrogens with zero attached hydrogens (tertiary/aromatic N) is 3. The zero-order valence-corrected chi connectivity index (χ0v) is 22.3. The third kappa shape index (κ3) is 7.97. The molecule has 2 heterocycles. The fraction of sp³-hybridized carbons (Fsp3) is 0.826. The minimum absolute atomic E-state index is 0.284. The number of hydrogen-bond donors (Lipinski definition) is 3. The Labute approximate surface area is 213 Å². The number of aryl methyl sites for hydroxylation is 1. The smallest absolute Gasteiger partial charge is 0.313 e. The van der Waals surface area contributed by atoms with Crippen LogP contribution in [0.15, 0.2) is 6.20 Å². The largest absolute Gasteiger partial charge is 0.438 e. The molecule has 1 aliphatic heterocycles. The molecule has 0 bridgehead atoms. The molecule has 0 spiro atoms. The van der Waals surface area contributed by atoms with Crippen molar-refractivity contribution in [3.63, 3.8) is 0 Å². The second-order valence-corrected chi connectivity index (χ2v) is 11.1. The summed E-state index contributed by atoms with van der Waals surface area (Å²) in [6, 6.07) is -0.992. The molecule has 1 aromatic heterocycles. The zero-order chi connectivity index (χ0) is 27.5. The Kier molecular flexibility index (Phi) is 9.68. The Morgan fingerprint density at radius 1 is 1.25 bits per heavy atom. The average Bonchev–Trinajstić information content (AvgIpc) is 3.17. The lowest BCUT2D eigenvalue weighted by Gasteiger charge is -2.47. The van der Waals surface area contributed by atoms with Gasteiger partial charge < -0.3 is 34.5 Å².